The predicted molar refractivity (Wildman–Crippen MR) is 95.6 cm³/mol. The summed E-state index contributed by atoms with van der Waals surface area (Å²) in [7, 11) is -1.25. The SMILES string of the molecule is CC(C)(CCC=N[S@@](=O)C(C)(C)C)C(=O)OCc1ccccc1. The Morgan fingerprint density at radius 2 is 1.78 bits per heavy atom. The average Bonchev–Trinajstić information content (AvgIpc) is 2.49. The molecule has 0 unspecified atom stereocenters. The lowest BCUT2D eigenvalue weighted by molar-refractivity contribution is -0.155. The first-order chi connectivity index (χ1) is 10.6. The average molecular weight is 337 g/mol. The molecule has 128 valence electrons. The Morgan fingerprint density at radius 1 is 1.17 bits per heavy atom. The maximum absolute atomic E-state index is 12.2. The first-order valence-corrected chi connectivity index (χ1v) is 8.89. The molecule has 0 amide bonds. The van der Waals surface area contributed by atoms with Crippen LogP contribution < -0.4 is 0 Å². The Hall–Kier alpha value is -1.49. The van der Waals surface area contributed by atoms with Crippen molar-refractivity contribution in [1.82, 2.24) is 0 Å². The summed E-state index contributed by atoms with van der Waals surface area (Å²) in [5.41, 5.74) is 0.378. The van der Waals surface area contributed by atoms with E-state index in [1.807, 2.05) is 65.0 Å². The van der Waals surface area contributed by atoms with Gasteiger partial charge in [-0.05, 0) is 53.0 Å². The van der Waals surface area contributed by atoms with Crippen LogP contribution in [0.3, 0.4) is 0 Å². The summed E-state index contributed by atoms with van der Waals surface area (Å²) < 4.78 is 20.9. The molecule has 0 N–H and O–H groups in total. The van der Waals surface area contributed by atoms with Crippen LogP contribution in [-0.4, -0.2) is 21.1 Å². The van der Waals surface area contributed by atoms with Crippen LogP contribution in [0.1, 0.15) is 53.0 Å². The zero-order chi connectivity index (χ0) is 17.5. The second-order valence-electron chi connectivity index (χ2n) is 7.13. The van der Waals surface area contributed by atoms with E-state index in [4.69, 9.17) is 4.74 Å². The van der Waals surface area contributed by atoms with Crippen molar-refractivity contribution < 1.29 is 13.7 Å². The number of benzene rings is 1. The highest BCUT2D eigenvalue weighted by Crippen LogP contribution is 2.24. The highest BCUT2D eigenvalue weighted by molar-refractivity contribution is 7.85. The number of ether oxygens (including phenoxy) is 1. The standard InChI is InChI=1S/C18H27NO3S/c1-17(2,3)23(21)19-13-9-12-18(4,5)16(20)22-14-15-10-7-6-8-11-15/h6-8,10-11,13H,9,12,14H2,1-5H3/t23-/m0/s1. The molecule has 1 rings (SSSR count). The van der Waals surface area contributed by atoms with E-state index in [0.717, 1.165) is 5.56 Å². The van der Waals surface area contributed by atoms with E-state index in [9.17, 15) is 9.00 Å². The molecule has 4 nitrogen and oxygen atoms in total. The number of hydrogen-bond acceptors (Lipinski definition) is 3. The van der Waals surface area contributed by atoms with Gasteiger partial charge in [0.05, 0.1) is 10.2 Å². The number of nitrogens with zero attached hydrogens (tertiary/aromatic N) is 1. The lowest BCUT2D eigenvalue weighted by atomic mass is 9.88. The van der Waals surface area contributed by atoms with Gasteiger partial charge in [0.2, 0.25) is 0 Å². The van der Waals surface area contributed by atoms with Gasteiger partial charge in [0.1, 0.15) is 17.6 Å². The first kappa shape index (κ1) is 19.6. The molecule has 0 bridgehead atoms. The molecule has 0 radical (unpaired) electrons. The highest BCUT2D eigenvalue weighted by atomic mass is 32.2. The molecule has 23 heavy (non-hydrogen) atoms. The van der Waals surface area contributed by atoms with Crippen LogP contribution >= 0.6 is 0 Å². The second kappa shape index (κ2) is 8.39. The van der Waals surface area contributed by atoms with Gasteiger partial charge >= 0.3 is 5.97 Å². The van der Waals surface area contributed by atoms with Crippen molar-refractivity contribution in [3.8, 4) is 0 Å². The largest absolute Gasteiger partial charge is 0.460 e. The molecule has 0 saturated carbocycles. The van der Waals surface area contributed by atoms with Gasteiger partial charge in [-0.1, -0.05) is 30.3 Å². The van der Waals surface area contributed by atoms with Crippen molar-refractivity contribution in [3.05, 3.63) is 35.9 Å². The number of carbonyl (C=O) groups is 1. The number of carbonyl (C=O) groups excluding carboxylic acids is 1. The smallest absolute Gasteiger partial charge is 0.311 e. The molecule has 0 aliphatic heterocycles. The molecule has 5 heteroatoms. The summed E-state index contributed by atoms with van der Waals surface area (Å²) in [6, 6.07) is 9.61. The maximum Gasteiger partial charge on any atom is 0.311 e. The van der Waals surface area contributed by atoms with Crippen LogP contribution in [0.2, 0.25) is 0 Å². The Labute approximate surface area is 141 Å². The molecule has 0 fully saturated rings. The first-order valence-electron chi connectivity index (χ1n) is 7.78. The quantitative estimate of drug-likeness (QED) is 0.557. The van der Waals surface area contributed by atoms with E-state index in [-0.39, 0.29) is 17.3 Å². The Bertz CT molecular complexity index is 559. The van der Waals surface area contributed by atoms with E-state index in [2.05, 4.69) is 4.40 Å². The Morgan fingerprint density at radius 3 is 2.35 bits per heavy atom. The van der Waals surface area contributed by atoms with E-state index in [1.54, 1.807) is 6.21 Å². The van der Waals surface area contributed by atoms with Crippen LogP contribution in [-0.2, 0) is 27.1 Å². The Kier molecular flexibility index (Phi) is 7.13. The normalized spacial score (nSPS) is 14.0. The molecule has 0 heterocycles. The third-order valence-electron chi connectivity index (χ3n) is 3.36. The molecule has 1 aromatic carbocycles. The van der Waals surface area contributed by atoms with Gasteiger partial charge in [-0.25, -0.2) is 4.21 Å². The van der Waals surface area contributed by atoms with Crippen LogP contribution in [0.4, 0.5) is 0 Å². The summed E-state index contributed by atoms with van der Waals surface area (Å²) in [6.07, 6.45) is 2.84. The highest BCUT2D eigenvalue weighted by Gasteiger charge is 2.28. The molecule has 0 aliphatic carbocycles. The summed E-state index contributed by atoms with van der Waals surface area (Å²) in [5.74, 6) is -0.230. The minimum absolute atomic E-state index is 0.230. The maximum atomic E-state index is 12.2. The summed E-state index contributed by atoms with van der Waals surface area (Å²) in [6.45, 7) is 9.64. The Balaban J connectivity index is 2.44. The van der Waals surface area contributed by atoms with Crippen molar-refractivity contribution in [2.75, 3.05) is 0 Å². The minimum atomic E-state index is -1.25. The van der Waals surface area contributed by atoms with Gasteiger partial charge in [0, 0.05) is 6.21 Å². The molecule has 0 aliphatic rings. The number of esters is 1. The van der Waals surface area contributed by atoms with Crippen molar-refractivity contribution in [1.29, 1.82) is 0 Å². The molecular weight excluding hydrogens is 310 g/mol. The van der Waals surface area contributed by atoms with Crippen LogP contribution in [0.5, 0.6) is 0 Å². The van der Waals surface area contributed by atoms with E-state index in [0.29, 0.717) is 12.8 Å². The second-order valence-corrected chi connectivity index (χ2v) is 9.07. The van der Waals surface area contributed by atoms with Gasteiger partial charge < -0.3 is 4.74 Å². The number of hydrogen-bond donors (Lipinski definition) is 0. The van der Waals surface area contributed by atoms with E-state index >= 15 is 0 Å². The van der Waals surface area contributed by atoms with Gasteiger partial charge in [0.25, 0.3) is 0 Å². The third-order valence-corrected chi connectivity index (χ3v) is 4.75. The zero-order valence-electron chi connectivity index (χ0n) is 14.7. The van der Waals surface area contributed by atoms with Crippen LogP contribution in [0, 0.1) is 5.41 Å². The molecule has 0 aromatic heterocycles. The molecule has 0 spiro atoms. The van der Waals surface area contributed by atoms with Gasteiger partial charge in [-0.3, -0.25) is 4.79 Å². The summed E-state index contributed by atoms with van der Waals surface area (Å²) in [5, 5.41) is 0. The fourth-order valence-corrected chi connectivity index (χ4v) is 2.28. The molecule has 0 saturated heterocycles. The predicted octanol–water partition coefficient (Wildman–Crippen LogP) is 4.07. The monoisotopic (exact) mass is 337 g/mol. The minimum Gasteiger partial charge on any atom is -0.460 e. The van der Waals surface area contributed by atoms with E-state index in [1.165, 1.54) is 0 Å². The molecule has 1 aromatic rings. The fourth-order valence-electron chi connectivity index (χ4n) is 1.72. The van der Waals surface area contributed by atoms with Gasteiger partial charge in [-0.15, -0.1) is 0 Å². The van der Waals surface area contributed by atoms with Crippen molar-refractivity contribution >= 4 is 23.2 Å². The zero-order valence-corrected chi connectivity index (χ0v) is 15.5. The third kappa shape index (κ3) is 7.08. The lowest BCUT2D eigenvalue weighted by Gasteiger charge is -2.21. The topological polar surface area (TPSA) is 55.7 Å². The van der Waals surface area contributed by atoms with E-state index < -0.39 is 16.4 Å². The summed E-state index contributed by atoms with van der Waals surface area (Å²) >= 11 is 0. The fraction of sp³-hybridized carbons (Fsp3) is 0.556. The van der Waals surface area contributed by atoms with Crippen molar-refractivity contribution in [2.45, 2.75) is 58.8 Å². The lowest BCUT2D eigenvalue weighted by Crippen LogP contribution is -2.26. The van der Waals surface area contributed by atoms with Gasteiger partial charge in [0.15, 0.2) is 0 Å². The summed E-state index contributed by atoms with van der Waals surface area (Å²) in [4.78, 5) is 12.2. The van der Waals surface area contributed by atoms with Crippen LogP contribution in [0.25, 0.3) is 0 Å². The van der Waals surface area contributed by atoms with Crippen LogP contribution in [0.15, 0.2) is 34.7 Å². The number of rotatable bonds is 7. The van der Waals surface area contributed by atoms with Crippen molar-refractivity contribution in [2.24, 2.45) is 9.81 Å². The molecule has 1 atom stereocenters. The van der Waals surface area contributed by atoms with Gasteiger partial charge in [-0.2, -0.15) is 4.40 Å². The molecular formula is C18H27NO3S. The van der Waals surface area contributed by atoms with Crippen molar-refractivity contribution in [3.63, 3.8) is 0 Å².